The molecular weight excluding hydrogens is 322 g/mol. The molecule has 1 aliphatic rings. The van der Waals surface area contributed by atoms with Gasteiger partial charge in [0.05, 0.1) is 19.4 Å². The number of fused-ring (bicyclic) bond motifs is 1. The van der Waals surface area contributed by atoms with E-state index in [0.29, 0.717) is 12.2 Å². The number of aromatic nitrogens is 2. The third kappa shape index (κ3) is 4.18. The van der Waals surface area contributed by atoms with Crippen molar-refractivity contribution in [2.24, 2.45) is 0 Å². The van der Waals surface area contributed by atoms with E-state index in [1.807, 2.05) is 28.9 Å². The van der Waals surface area contributed by atoms with Crippen LogP contribution >= 0.6 is 0 Å². The monoisotopic (exact) mass is 345 g/mol. The second-order valence-electron chi connectivity index (χ2n) is 5.98. The molecule has 1 aromatic heterocycles. The maximum Gasteiger partial charge on any atom is 0.358 e. The normalized spacial score (nSPS) is 14.6. The molecule has 0 aliphatic carbocycles. The number of rotatable bonds is 6. The molecule has 1 aromatic carbocycles. The molecule has 2 heterocycles. The van der Waals surface area contributed by atoms with Gasteiger partial charge in [0, 0.05) is 31.7 Å². The molecule has 134 valence electrons. The van der Waals surface area contributed by atoms with Gasteiger partial charge in [-0.15, -0.1) is 0 Å². The predicted molar refractivity (Wildman–Crippen MR) is 91.3 cm³/mol. The van der Waals surface area contributed by atoms with Crippen LogP contribution in [0, 0.1) is 0 Å². The van der Waals surface area contributed by atoms with Gasteiger partial charge in [0.25, 0.3) is 0 Å². The molecule has 3 rings (SSSR count). The highest BCUT2D eigenvalue weighted by Gasteiger charge is 2.20. The predicted octanol–water partition coefficient (Wildman–Crippen LogP) is 1.45. The molecule has 0 unspecified atom stereocenters. The van der Waals surface area contributed by atoms with Crippen LogP contribution in [0.3, 0.4) is 0 Å². The first-order valence-corrected chi connectivity index (χ1v) is 8.40. The van der Waals surface area contributed by atoms with E-state index in [1.54, 1.807) is 6.07 Å². The van der Waals surface area contributed by atoms with E-state index in [9.17, 15) is 4.79 Å². The smallest absolute Gasteiger partial charge is 0.358 e. The quantitative estimate of drug-likeness (QED) is 0.799. The molecule has 1 aliphatic heterocycles. The summed E-state index contributed by atoms with van der Waals surface area (Å²) in [7, 11) is 1.36. The van der Waals surface area contributed by atoms with Gasteiger partial charge in [0.1, 0.15) is 12.4 Å². The van der Waals surface area contributed by atoms with Crippen molar-refractivity contribution in [2.75, 3.05) is 26.9 Å². The van der Waals surface area contributed by atoms with Gasteiger partial charge in [-0.2, -0.15) is 5.10 Å². The number of methoxy groups -OCH3 is 1. The fourth-order valence-electron chi connectivity index (χ4n) is 3.04. The number of para-hydroxylation sites is 1. The molecule has 0 saturated heterocycles. The van der Waals surface area contributed by atoms with E-state index < -0.39 is 5.97 Å². The summed E-state index contributed by atoms with van der Waals surface area (Å²) in [5.41, 5.74) is 2.44. The molecule has 0 saturated carbocycles. The molecule has 0 radical (unpaired) electrons. The molecule has 0 atom stereocenters. The number of hydrogen-bond donors (Lipinski definition) is 1. The van der Waals surface area contributed by atoms with Crippen molar-refractivity contribution in [1.82, 2.24) is 14.7 Å². The minimum atomic E-state index is -0.408. The highest BCUT2D eigenvalue weighted by atomic mass is 16.5. The molecular formula is C18H23N3O4. The first-order valence-electron chi connectivity index (χ1n) is 8.40. The van der Waals surface area contributed by atoms with Crippen LogP contribution in [0.15, 0.2) is 30.3 Å². The Balaban J connectivity index is 1.74. The van der Waals surface area contributed by atoms with Crippen LogP contribution in [0.1, 0.15) is 28.2 Å². The number of nitrogens with zero attached hydrogens (tertiary/aromatic N) is 3. The highest BCUT2D eigenvalue weighted by molar-refractivity contribution is 5.87. The van der Waals surface area contributed by atoms with Crippen LogP contribution in [-0.4, -0.2) is 52.6 Å². The number of hydrogen-bond acceptors (Lipinski definition) is 6. The van der Waals surface area contributed by atoms with Gasteiger partial charge in [-0.3, -0.25) is 9.58 Å². The summed E-state index contributed by atoms with van der Waals surface area (Å²) in [5, 5.41) is 13.3. The van der Waals surface area contributed by atoms with Crippen LogP contribution < -0.4 is 4.74 Å². The highest BCUT2D eigenvalue weighted by Crippen LogP contribution is 2.22. The Morgan fingerprint density at radius 2 is 2.16 bits per heavy atom. The third-order valence-electron chi connectivity index (χ3n) is 4.20. The van der Waals surface area contributed by atoms with Crippen molar-refractivity contribution < 1.29 is 19.4 Å². The Kier molecular flexibility index (Phi) is 5.67. The molecule has 0 amide bonds. The number of carbonyl (C=O) groups is 1. The lowest BCUT2D eigenvalue weighted by atomic mass is 10.1. The zero-order valence-corrected chi connectivity index (χ0v) is 14.4. The average Bonchev–Trinajstić information content (AvgIpc) is 2.93. The van der Waals surface area contributed by atoms with E-state index >= 15 is 0 Å². The standard InChI is InChI=1S/C18H23N3O4/c1-24-18(23)16-11-15-13-20(7-4-8-21(15)19-16)12-14-5-2-3-6-17(14)25-10-9-22/h2-3,5-6,11,22H,4,7-10,12-13H2,1H3. The average molecular weight is 345 g/mol. The first-order chi connectivity index (χ1) is 12.2. The number of benzene rings is 1. The van der Waals surface area contributed by atoms with Crippen molar-refractivity contribution in [3.05, 3.63) is 47.3 Å². The van der Waals surface area contributed by atoms with Gasteiger partial charge in [-0.1, -0.05) is 18.2 Å². The molecule has 0 spiro atoms. The van der Waals surface area contributed by atoms with Crippen molar-refractivity contribution in [3.8, 4) is 5.75 Å². The molecule has 0 bridgehead atoms. The second kappa shape index (κ2) is 8.13. The summed E-state index contributed by atoms with van der Waals surface area (Å²) < 4.78 is 12.3. The lowest BCUT2D eigenvalue weighted by Gasteiger charge is -2.21. The summed E-state index contributed by atoms with van der Waals surface area (Å²) in [4.78, 5) is 14.0. The minimum absolute atomic E-state index is 0.00641. The Labute approximate surface area is 146 Å². The summed E-state index contributed by atoms with van der Waals surface area (Å²) in [6, 6.07) is 9.67. The maximum absolute atomic E-state index is 11.7. The number of esters is 1. The van der Waals surface area contributed by atoms with Gasteiger partial charge in [0.2, 0.25) is 0 Å². The van der Waals surface area contributed by atoms with Crippen LogP contribution in [0.2, 0.25) is 0 Å². The molecule has 7 heteroatoms. The summed E-state index contributed by atoms with van der Waals surface area (Å²) in [5.74, 6) is 0.388. The van der Waals surface area contributed by atoms with E-state index in [4.69, 9.17) is 14.6 Å². The van der Waals surface area contributed by atoms with E-state index in [-0.39, 0.29) is 13.2 Å². The Hall–Kier alpha value is -2.38. The largest absolute Gasteiger partial charge is 0.491 e. The SMILES string of the molecule is COC(=O)c1cc2n(n1)CCCN(Cc1ccccc1OCCO)C2. The van der Waals surface area contributed by atoms with Crippen LogP contribution in [-0.2, 0) is 24.4 Å². The zero-order chi connectivity index (χ0) is 17.6. The van der Waals surface area contributed by atoms with Gasteiger partial charge < -0.3 is 14.6 Å². The minimum Gasteiger partial charge on any atom is -0.491 e. The topological polar surface area (TPSA) is 76.8 Å². The zero-order valence-electron chi connectivity index (χ0n) is 14.4. The fourth-order valence-corrected chi connectivity index (χ4v) is 3.04. The van der Waals surface area contributed by atoms with E-state index in [2.05, 4.69) is 10.00 Å². The Morgan fingerprint density at radius 1 is 1.32 bits per heavy atom. The van der Waals surface area contributed by atoms with Crippen molar-refractivity contribution >= 4 is 5.97 Å². The molecule has 7 nitrogen and oxygen atoms in total. The molecule has 2 aromatic rings. The summed E-state index contributed by atoms with van der Waals surface area (Å²) in [6.45, 7) is 3.44. The van der Waals surface area contributed by atoms with Crippen LogP contribution in [0.5, 0.6) is 5.75 Å². The number of aliphatic hydroxyl groups is 1. The lowest BCUT2D eigenvalue weighted by Crippen LogP contribution is -2.23. The Bertz CT molecular complexity index is 729. The van der Waals surface area contributed by atoms with Crippen molar-refractivity contribution in [3.63, 3.8) is 0 Å². The van der Waals surface area contributed by atoms with Crippen LogP contribution in [0.25, 0.3) is 0 Å². The number of ether oxygens (including phenoxy) is 2. The van der Waals surface area contributed by atoms with Gasteiger partial charge in [-0.05, 0) is 18.6 Å². The molecule has 25 heavy (non-hydrogen) atoms. The van der Waals surface area contributed by atoms with Gasteiger partial charge in [0.15, 0.2) is 5.69 Å². The van der Waals surface area contributed by atoms with E-state index in [0.717, 1.165) is 43.1 Å². The molecule has 1 N–H and O–H groups in total. The van der Waals surface area contributed by atoms with Crippen molar-refractivity contribution in [1.29, 1.82) is 0 Å². The van der Waals surface area contributed by atoms with Crippen molar-refractivity contribution in [2.45, 2.75) is 26.1 Å². The second-order valence-corrected chi connectivity index (χ2v) is 5.98. The lowest BCUT2D eigenvalue weighted by molar-refractivity contribution is 0.0593. The third-order valence-corrected chi connectivity index (χ3v) is 4.20. The number of aliphatic hydroxyl groups excluding tert-OH is 1. The summed E-state index contributed by atoms with van der Waals surface area (Å²) in [6.07, 6.45) is 0.953. The first kappa shape index (κ1) is 17.4. The number of aryl methyl sites for hydroxylation is 1. The molecule has 0 fully saturated rings. The van der Waals surface area contributed by atoms with Gasteiger partial charge in [-0.25, -0.2) is 4.79 Å². The van der Waals surface area contributed by atoms with Crippen LogP contribution in [0.4, 0.5) is 0 Å². The summed E-state index contributed by atoms with van der Waals surface area (Å²) >= 11 is 0. The maximum atomic E-state index is 11.7. The Morgan fingerprint density at radius 3 is 2.96 bits per heavy atom. The number of carbonyl (C=O) groups excluding carboxylic acids is 1. The van der Waals surface area contributed by atoms with E-state index in [1.165, 1.54) is 7.11 Å². The fraction of sp³-hybridized carbons (Fsp3) is 0.444. The van der Waals surface area contributed by atoms with Gasteiger partial charge >= 0.3 is 5.97 Å².